The summed E-state index contributed by atoms with van der Waals surface area (Å²) in [6, 6.07) is 10.3. The van der Waals surface area contributed by atoms with Gasteiger partial charge >= 0.3 is 0 Å². The molecule has 4 nitrogen and oxygen atoms in total. The van der Waals surface area contributed by atoms with Crippen molar-refractivity contribution in [2.24, 2.45) is 5.41 Å². The number of rotatable bonds is 2. The molecule has 4 heteroatoms. The topological polar surface area (TPSA) is 46.9 Å². The van der Waals surface area contributed by atoms with Crippen LogP contribution in [0.15, 0.2) is 30.3 Å². The van der Waals surface area contributed by atoms with Crippen LogP contribution in [0.3, 0.4) is 0 Å². The van der Waals surface area contributed by atoms with Crippen LogP contribution in [0.25, 0.3) is 5.69 Å². The average Bonchev–Trinajstić information content (AvgIpc) is 2.74. The summed E-state index contributed by atoms with van der Waals surface area (Å²) in [4.78, 5) is 11.6. The standard InChI is InChI=1S/C18H23N3O/c1-12-17-15(19-13(2)22)10-18(3,4)11-16(17)21(20-12)14-8-6-5-7-9-14/h5-9,15H,10-11H2,1-4H3,(H,19,22). The van der Waals surface area contributed by atoms with Gasteiger partial charge in [0.2, 0.25) is 5.91 Å². The Morgan fingerprint density at radius 2 is 2.00 bits per heavy atom. The molecule has 3 rings (SSSR count). The number of nitrogens with one attached hydrogen (secondary N) is 1. The van der Waals surface area contributed by atoms with Gasteiger partial charge in [-0.3, -0.25) is 4.79 Å². The van der Waals surface area contributed by atoms with E-state index in [4.69, 9.17) is 5.10 Å². The number of fused-ring (bicyclic) bond motifs is 1. The molecule has 0 aliphatic heterocycles. The molecule has 1 aliphatic carbocycles. The summed E-state index contributed by atoms with van der Waals surface area (Å²) in [5.74, 6) is 0.0144. The fourth-order valence-corrected chi connectivity index (χ4v) is 3.54. The summed E-state index contributed by atoms with van der Waals surface area (Å²) in [5.41, 5.74) is 4.63. The van der Waals surface area contributed by atoms with Crippen LogP contribution in [-0.2, 0) is 11.2 Å². The van der Waals surface area contributed by atoms with Crippen LogP contribution >= 0.6 is 0 Å². The number of carbonyl (C=O) groups is 1. The molecule has 22 heavy (non-hydrogen) atoms. The quantitative estimate of drug-likeness (QED) is 0.924. The Kier molecular flexibility index (Phi) is 3.55. The number of nitrogens with zero attached hydrogens (tertiary/aromatic N) is 2. The molecule has 0 bridgehead atoms. The van der Waals surface area contributed by atoms with Gasteiger partial charge in [-0.2, -0.15) is 5.10 Å². The van der Waals surface area contributed by atoms with Gasteiger partial charge in [-0.1, -0.05) is 32.0 Å². The summed E-state index contributed by atoms with van der Waals surface area (Å²) >= 11 is 0. The summed E-state index contributed by atoms with van der Waals surface area (Å²) in [6.07, 6.45) is 1.91. The number of carbonyl (C=O) groups excluding carboxylic acids is 1. The Morgan fingerprint density at radius 1 is 1.32 bits per heavy atom. The van der Waals surface area contributed by atoms with Crippen molar-refractivity contribution >= 4 is 5.91 Å². The van der Waals surface area contributed by atoms with Crippen LogP contribution in [0.1, 0.15) is 50.2 Å². The molecule has 1 heterocycles. The number of amides is 1. The molecule has 0 saturated heterocycles. The maximum Gasteiger partial charge on any atom is 0.217 e. The van der Waals surface area contributed by atoms with E-state index in [1.165, 1.54) is 11.3 Å². The van der Waals surface area contributed by atoms with Gasteiger partial charge < -0.3 is 5.32 Å². The normalized spacial score (nSPS) is 19.5. The smallest absolute Gasteiger partial charge is 0.217 e. The number of aryl methyl sites for hydroxylation is 1. The van der Waals surface area contributed by atoms with E-state index in [-0.39, 0.29) is 17.4 Å². The summed E-state index contributed by atoms with van der Waals surface area (Å²) in [7, 11) is 0. The number of para-hydroxylation sites is 1. The zero-order valence-corrected chi connectivity index (χ0v) is 13.7. The lowest BCUT2D eigenvalue weighted by atomic mass is 9.73. The lowest BCUT2D eigenvalue weighted by molar-refractivity contribution is -0.120. The molecule has 116 valence electrons. The highest BCUT2D eigenvalue weighted by atomic mass is 16.1. The second-order valence-corrected chi connectivity index (χ2v) is 6.99. The summed E-state index contributed by atoms with van der Waals surface area (Å²) in [6.45, 7) is 8.12. The van der Waals surface area contributed by atoms with E-state index < -0.39 is 0 Å². The molecule has 0 saturated carbocycles. The van der Waals surface area contributed by atoms with Gasteiger partial charge in [-0.15, -0.1) is 0 Å². The van der Waals surface area contributed by atoms with Crippen LogP contribution in [0.2, 0.25) is 0 Å². The van der Waals surface area contributed by atoms with Crippen molar-refractivity contribution in [1.29, 1.82) is 0 Å². The van der Waals surface area contributed by atoms with Gasteiger partial charge in [-0.05, 0) is 37.3 Å². The van der Waals surface area contributed by atoms with E-state index in [2.05, 4.69) is 31.3 Å². The zero-order valence-electron chi connectivity index (χ0n) is 13.7. The largest absolute Gasteiger partial charge is 0.349 e. The lowest BCUT2D eigenvalue weighted by Crippen LogP contribution is -2.36. The van der Waals surface area contributed by atoms with E-state index in [1.807, 2.05) is 29.8 Å². The summed E-state index contributed by atoms with van der Waals surface area (Å²) in [5, 5.41) is 7.86. The Morgan fingerprint density at radius 3 is 2.64 bits per heavy atom. The second kappa shape index (κ2) is 5.27. The fourth-order valence-electron chi connectivity index (χ4n) is 3.54. The molecule has 2 aromatic rings. The lowest BCUT2D eigenvalue weighted by Gasteiger charge is -2.36. The van der Waals surface area contributed by atoms with Crippen molar-refractivity contribution in [2.75, 3.05) is 0 Å². The van der Waals surface area contributed by atoms with E-state index in [1.54, 1.807) is 6.92 Å². The molecule has 1 unspecified atom stereocenters. The van der Waals surface area contributed by atoms with Gasteiger partial charge in [0.15, 0.2) is 0 Å². The van der Waals surface area contributed by atoms with Crippen molar-refractivity contribution in [3.63, 3.8) is 0 Å². The van der Waals surface area contributed by atoms with Crippen molar-refractivity contribution in [1.82, 2.24) is 15.1 Å². The molecule has 1 aliphatic rings. The molecule has 1 amide bonds. The van der Waals surface area contributed by atoms with Crippen molar-refractivity contribution < 1.29 is 4.79 Å². The monoisotopic (exact) mass is 297 g/mol. The number of aromatic nitrogens is 2. The third-order valence-electron chi connectivity index (χ3n) is 4.34. The van der Waals surface area contributed by atoms with Gasteiger partial charge in [-0.25, -0.2) is 4.68 Å². The first-order valence-electron chi connectivity index (χ1n) is 7.78. The SMILES string of the molecule is CC(=O)NC1CC(C)(C)Cc2c1c(C)nn2-c1ccccc1. The zero-order chi connectivity index (χ0) is 15.9. The van der Waals surface area contributed by atoms with Crippen LogP contribution in [-0.4, -0.2) is 15.7 Å². The number of hydrogen-bond acceptors (Lipinski definition) is 2. The molecular weight excluding hydrogens is 274 g/mol. The van der Waals surface area contributed by atoms with Crippen LogP contribution in [0.4, 0.5) is 0 Å². The van der Waals surface area contributed by atoms with Crippen LogP contribution < -0.4 is 5.32 Å². The van der Waals surface area contributed by atoms with Gasteiger partial charge in [0.25, 0.3) is 0 Å². The summed E-state index contributed by atoms with van der Waals surface area (Å²) < 4.78 is 2.04. The molecule has 1 N–H and O–H groups in total. The number of benzene rings is 1. The first-order valence-corrected chi connectivity index (χ1v) is 7.78. The van der Waals surface area contributed by atoms with Gasteiger partial charge in [0, 0.05) is 12.5 Å². The minimum absolute atomic E-state index is 0.0144. The van der Waals surface area contributed by atoms with Crippen LogP contribution in [0, 0.1) is 12.3 Å². The number of hydrogen-bond donors (Lipinski definition) is 1. The first-order chi connectivity index (χ1) is 10.4. The Hall–Kier alpha value is -2.10. The molecular formula is C18H23N3O. The average molecular weight is 297 g/mol. The van der Waals surface area contributed by atoms with Gasteiger partial charge in [0.05, 0.1) is 23.1 Å². The Bertz CT molecular complexity index is 701. The maximum atomic E-state index is 11.6. The minimum atomic E-state index is 0.0144. The van der Waals surface area contributed by atoms with E-state index in [0.717, 1.165) is 24.2 Å². The molecule has 1 atom stereocenters. The van der Waals surface area contributed by atoms with E-state index in [0.29, 0.717) is 0 Å². The van der Waals surface area contributed by atoms with Crippen molar-refractivity contribution in [3.8, 4) is 5.69 Å². The highest BCUT2D eigenvalue weighted by Gasteiger charge is 2.37. The third-order valence-corrected chi connectivity index (χ3v) is 4.34. The van der Waals surface area contributed by atoms with Crippen LogP contribution in [0.5, 0.6) is 0 Å². The Balaban J connectivity index is 2.13. The fraction of sp³-hybridized carbons (Fsp3) is 0.444. The van der Waals surface area contributed by atoms with Gasteiger partial charge in [0.1, 0.15) is 0 Å². The predicted octanol–water partition coefficient (Wildman–Crippen LogP) is 3.33. The van der Waals surface area contributed by atoms with Crippen molar-refractivity contribution in [2.45, 2.75) is 46.6 Å². The molecule has 1 aromatic heterocycles. The highest BCUT2D eigenvalue weighted by Crippen LogP contribution is 2.42. The molecule has 0 fully saturated rings. The predicted molar refractivity (Wildman–Crippen MR) is 87.0 cm³/mol. The maximum absolute atomic E-state index is 11.6. The minimum Gasteiger partial charge on any atom is -0.349 e. The highest BCUT2D eigenvalue weighted by molar-refractivity contribution is 5.73. The van der Waals surface area contributed by atoms with E-state index in [9.17, 15) is 4.79 Å². The molecule has 0 spiro atoms. The third kappa shape index (κ3) is 2.65. The first kappa shape index (κ1) is 14.8. The Labute approximate surface area is 131 Å². The molecule has 0 radical (unpaired) electrons. The molecule has 1 aromatic carbocycles. The van der Waals surface area contributed by atoms with E-state index >= 15 is 0 Å². The van der Waals surface area contributed by atoms with Crippen molar-refractivity contribution in [3.05, 3.63) is 47.3 Å². The second-order valence-electron chi connectivity index (χ2n) is 6.99.